The zero-order valence-electron chi connectivity index (χ0n) is 14.2. The van der Waals surface area contributed by atoms with E-state index >= 15 is 0 Å². The predicted octanol–water partition coefficient (Wildman–Crippen LogP) is 6.49. The Morgan fingerprint density at radius 1 is 0.800 bits per heavy atom. The van der Waals surface area contributed by atoms with Gasteiger partial charge in [0.2, 0.25) is 0 Å². The first-order valence-corrected chi connectivity index (χ1v) is 9.42. The average molecular weight is 390 g/mol. The molecule has 25 heavy (non-hydrogen) atoms. The van der Waals surface area contributed by atoms with Crippen molar-refractivity contribution in [1.29, 1.82) is 0 Å². The van der Waals surface area contributed by atoms with E-state index in [4.69, 9.17) is 0 Å². The molecule has 4 rings (SSSR count). The zero-order valence-corrected chi connectivity index (χ0v) is 15.8. The van der Waals surface area contributed by atoms with E-state index in [0.29, 0.717) is 0 Å². The van der Waals surface area contributed by atoms with Gasteiger partial charge in [-0.15, -0.1) is 0 Å². The lowest BCUT2D eigenvalue weighted by Crippen LogP contribution is -1.98. The zero-order chi connectivity index (χ0) is 17.2. The van der Waals surface area contributed by atoms with Crippen LogP contribution in [0.1, 0.15) is 16.8 Å². The molecular weight excluding hydrogens is 370 g/mol. The molecule has 0 fully saturated rings. The molecule has 0 aliphatic carbocycles. The summed E-state index contributed by atoms with van der Waals surface area (Å²) in [6, 6.07) is 27.9. The van der Waals surface area contributed by atoms with Gasteiger partial charge in [0.15, 0.2) is 0 Å². The second kappa shape index (κ2) is 6.89. The second-order valence-corrected chi connectivity index (χ2v) is 7.30. The molecule has 0 unspecified atom stereocenters. The summed E-state index contributed by atoms with van der Waals surface area (Å²) in [5, 5.41) is 1.34. The lowest BCUT2D eigenvalue weighted by Gasteiger charge is -2.09. The number of aryl methyl sites for hydroxylation is 2. The topological polar surface area (TPSA) is 4.93 Å². The Morgan fingerprint density at radius 2 is 1.48 bits per heavy atom. The summed E-state index contributed by atoms with van der Waals surface area (Å²) in [4.78, 5) is 0. The highest BCUT2D eigenvalue weighted by Crippen LogP contribution is 2.32. The monoisotopic (exact) mass is 389 g/mol. The first-order chi connectivity index (χ1) is 12.2. The Morgan fingerprint density at radius 3 is 2.20 bits per heavy atom. The molecule has 1 heterocycles. The van der Waals surface area contributed by atoms with Gasteiger partial charge in [0.1, 0.15) is 0 Å². The van der Waals surface area contributed by atoms with Gasteiger partial charge in [0.25, 0.3) is 0 Å². The largest absolute Gasteiger partial charge is 0.314 e. The highest BCUT2D eigenvalue weighted by atomic mass is 79.9. The van der Waals surface area contributed by atoms with Crippen LogP contribution in [0, 0.1) is 6.92 Å². The van der Waals surface area contributed by atoms with Gasteiger partial charge in [0, 0.05) is 21.2 Å². The molecule has 0 amide bonds. The van der Waals surface area contributed by atoms with Crippen LogP contribution in [0.15, 0.2) is 83.3 Å². The Hall–Kier alpha value is -2.32. The van der Waals surface area contributed by atoms with Crippen molar-refractivity contribution in [1.82, 2.24) is 4.57 Å². The van der Waals surface area contributed by atoms with Gasteiger partial charge >= 0.3 is 0 Å². The first-order valence-electron chi connectivity index (χ1n) is 8.63. The normalized spacial score (nSPS) is 11.1. The van der Waals surface area contributed by atoms with E-state index in [0.717, 1.165) is 17.3 Å². The van der Waals surface area contributed by atoms with Crippen molar-refractivity contribution >= 4 is 26.8 Å². The van der Waals surface area contributed by atoms with Crippen molar-refractivity contribution in [2.45, 2.75) is 19.8 Å². The highest BCUT2D eigenvalue weighted by molar-refractivity contribution is 9.10. The molecule has 0 atom stereocenters. The Labute approximate surface area is 157 Å². The van der Waals surface area contributed by atoms with Crippen molar-refractivity contribution in [3.8, 4) is 5.69 Å². The van der Waals surface area contributed by atoms with Crippen LogP contribution >= 0.6 is 15.9 Å². The maximum Gasteiger partial charge on any atom is 0.0534 e. The minimum atomic E-state index is 1.04. The van der Waals surface area contributed by atoms with Gasteiger partial charge in [-0.25, -0.2) is 0 Å². The lowest BCUT2D eigenvalue weighted by atomic mass is 10.0. The third-order valence-corrected chi connectivity index (χ3v) is 5.31. The summed E-state index contributed by atoms with van der Waals surface area (Å²) in [6.07, 6.45) is 2.10. The Bertz CT molecular complexity index is 1000. The van der Waals surface area contributed by atoms with Gasteiger partial charge in [-0.3, -0.25) is 0 Å². The number of halogens is 1. The van der Waals surface area contributed by atoms with Gasteiger partial charge in [0.05, 0.1) is 5.52 Å². The van der Waals surface area contributed by atoms with E-state index < -0.39 is 0 Å². The third-order valence-electron chi connectivity index (χ3n) is 4.82. The quantitative estimate of drug-likeness (QED) is 0.376. The molecule has 3 aromatic carbocycles. The standard InChI is InChI=1S/C23H20BrN/c1-17-21(14-12-18-8-4-2-5-9-18)22-16-19(24)13-15-23(22)25(17)20-10-6-3-7-11-20/h2-11,13,15-16H,12,14H2,1H3. The molecular formula is C23H20BrN. The van der Waals surface area contributed by atoms with E-state index in [9.17, 15) is 0 Å². The maximum atomic E-state index is 3.64. The van der Waals surface area contributed by atoms with Gasteiger partial charge in [-0.1, -0.05) is 64.5 Å². The molecule has 0 aliphatic rings. The SMILES string of the molecule is Cc1c(CCc2ccccc2)c2cc(Br)ccc2n1-c1ccccc1. The van der Waals surface area contributed by atoms with Crippen molar-refractivity contribution in [2.24, 2.45) is 0 Å². The minimum absolute atomic E-state index is 1.04. The van der Waals surface area contributed by atoms with E-state index in [-0.39, 0.29) is 0 Å². The molecule has 4 aromatic rings. The first kappa shape index (κ1) is 16.2. The summed E-state index contributed by atoms with van der Waals surface area (Å²) in [5.41, 5.74) is 6.64. The molecule has 0 aliphatic heterocycles. The fraction of sp³-hybridized carbons (Fsp3) is 0.130. The Balaban J connectivity index is 1.83. The lowest BCUT2D eigenvalue weighted by molar-refractivity contribution is 0.933. The molecule has 0 saturated heterocycles. The van der Waals surface area contributed by atoms with Gasteiger partial charge in [-0.05, 0) is 61.2 Å². The molecule has 0 N–H and O–H groups in total. The molecule has 0 saturated carbocycles. The molecule has 0 radical (unpaired) electrons. The molecule has 2 heteroatoms. The molecule has 124 valence electrons. The van der Waals surface area contributed by atoms with E-state index in [2.05, 4.69) is 106 Å². The van der Waals surface area contributed by atoms with Crippen LogP contribution in [0.2, 0.25) is 0 Å². The summed E-state index contributed by atoms with van der Waals surface area (Å²) in [7, 11) is 0. The number of rotatable bonds is 4. The van der Waals surface area contributed by atoms with Crippen LogP contribution in [-0.2, 0) is 12.8 Å². The van der Waals surface area contributed by atoms with Crippen LogP contribution in [0.5, 0.6) is 0 Å². The van der Waals surface area contributed by atoms with E-state index in [1.165, 1.54) is 33.4 Å². The average Bonchev–Trinajstić information content (AvgIpc) is 2.92. The van der Waals surface area contributed by atoms with E-state index in [1.807, 2.05) is 0 Å². The molecule has 1 nitrogen and oxygen atoms in total. The number of hydrogen-bond donors (Lipinski definition) is 0. The second-order valence-electron chi connectivity index (χ2n) is 6.38. The summed E-state index contributed by atoms with van der Waals surface area (Å²) in [6.45, 7) is 2.24. The minimum Gasteiger partial charge on any atom is -0.314 e. The van der Waals surface area contributed by atoms with Crippen LogP contribution in [-0.4, -0.2) is 4.57 Å². The number of hydrogen-bond acceptors (Lipinski definition) is 0. The number of aromatic nitrogens is 1. The predicted molar refractivity (Wildman–Crippen MR) is 110 cm³/mol. The molecule has 1 aromatic heterocycles. The summed E-state index contributed by atoms with van der Waals surface area (Å²) >= 11 is 3.64. The number of fused-ring (bicyclic) bond motifs is 1. The van der Waals surface area contributed by atoms with Crippen molar-refractivity contribution < 1.29 is 0 Å². The van der Waals surface area contributed by atoms with Gasteiger partial charge < -0.3 is 4.57 Å². The fourth-order valence-corrected chi connectivity index (χ4v) is 3.96. The molecule has 0 bridgehead atoms. The number of nitrogens with zero attached hydrogens (tertiary/aromatic N) is 1. The highest BCUT2D eigenvalue weighted by Gasteiger charge is 2.15. The van der Waals surface area contributed by atoms with Crippen molar-refractivity contribution in [3.05, 3.63) is 100 Å². The van der Waals surface area contributed by atoms with Crippen LogP contribution in [0.4, 0.5) is 0 Å². The fourth-order valence-electron chi connectivity index (χ4n) is 3.59. The maximum absolute atomic E-state index is 3.64. The Kier molecular flexibility index (Phi) is 4.46. The van der Waals surface area contributed by atoms with Gasteiger partial charge in [-0.2, -0.15) is 0 Å². The number of benzene rings is 3. The van der Waals surface area contributed by atoms with Crippen LogP contribution in [0.3, 0.4) is 0 Å². The van der Waals surface area contributed by atoms with Crippen LogP contribution < -0.4 is 0 Å². The third kappa shape index (κ3) is 3.14. The molecule has 0 spiro atoms. The van der Waals surface area contributed by atoms with Crippen molar-refractivity contribution in [2.75, 3.05) is 0 Å². The van der Waals surface area contributed by atoms with E-state index in [1.54, 1.807) is 0 Å². The summed E-state index contributed by atoms with van der Waals surface area (Å²) < 4.78 is 3.51. The van der Waals surface area contributed by atoms with Crippen LogP contribution in [0.25, 0.3) is 16.6 Å². The summed E-state index contributed by atoms with van der Waals surface area (Å²) in [5.74, 6) is 0. The number of para-hydroxylation sites is 1. The van der Waals surface area contributed by atoms with Crippen molar-refractivity contribution in [3.63, 3.8) is 0 Å². The smallest absolute Gasteiger partial charge is 0.0534 e.